The van der Waals surface area contributed by atoms with Crippen LogP contribution in [-0.2, 0) is 11.3 Å². The number of benzene rings is 1. The van der Waals surface area contributed by atoms with Crippen LogP contribution in [0.4, 0.5) is 4.39 Å². The number of ether oxygens (including phenoxy) is 1. The Morgan fingerprint density at radius 1 is 1.42 bits per heavy atom. The number of halogens is 2. The van der Waals surface area contributed by atoms with Gasteiger partial charge >= 0.3 is 0 Å². The fraction of sp³-hybridized carbons (Fsp3) is 0.333. The maximum atomic E-state index is 12.7. The van der Waals surface area contributed by atoms with Gasteiger partial charge in [-0.05, 0) is 30.7 Å². The fourth-order valence-electron chi connectivity index (χ4n) is 0.914. The lowest BCUT2D eigenvalue weighted by Gasteiger charge is -2.01. The molecule has 1 nitrogen and oxygen atoms in total. The van der Waals surface area contributed by atoms with Gasteiger partial charge in [0.2, 0.25) is 0 Å². The highest BCUT2D eigenvalue weighted by Gasteiger charge is 1.98. The third kappa shape index (κ3) is 2.80. The molecule has 0 bridgehead atoms. The molecule has 0 aliphatic heterocycles. The molecule has 0 aliphatic carbocycles. The molecule has 1 aromatic carbocycles. The molecule has 66 valence electrons. The van der Waals surface area contributed by atoms with Gasteiger partial charge in [-0.25, -0.2) is 4.39 Å². The summed E-state index contributed by atoms with van der Waals surface area (Å²) >= 11 is 5.63. The van der Waals surface area contributed by atoms with Crippen LogP contribution in [0.1, 0.15) is 12.5 Å². The van der Waals surface area contributed by atoms with Gasteiger partial charge in [0, 0.05) is 11.6 Å². The molecule has 0 radical (unpaired) electrons. The van der Waals surface area contributed by atoms with Crippen molar-refractivity contribution in [1.29, 1.82) is 0 Å². The molecule has 0 heterocycles. The van der Waals surface area contributed by atoms with Crippen molar-refractivity contribution in [3.8, 4) is 0 Å². The second-order valence-electron chi connectivity index (χ2n) is 2.41. The zero-order chi connectivity index (χ0) is 8.97. The SMILES string of the molecule is CCOCc1cc(F)cc(Cl)c1. The second kappa shape index (κ2) is 4.43. The average Bonchev–Trinajstić information content (AvgIpc) is 1.99. The summed E-state index contributed by atoms with van der Waals surface area (Å²) in [4.78, 5) is 0. The van der Waals surface area contributed by atoms with Crippen LogP contribution in [0.25, 0.3) is 0 Å². The van der Waals surface area contributed by atoms with E-state index in [2.05, 4.69) is 0 Å². The molecular weight excluding hydrogens is 179 g/mol. The van der Waals surface area contributed by atoms with Crippen LogP contribution in [0.15, 0.2) is 18.2 Å². The van der Waals surface area contributed by atoms with Gasteiger partial charge in [-0.15, -0.1) is 0 Å². The Labute approximate surface area is 76.1 Å². The molecule has 12 heavy (non-hydrogen) atoms. The van der Waals surface area contributed by atoms with E-state index < -0.39 is 0 Å². The lowest BCUT2D eigenvalue weighted by Crippen LogP contribution is -1.92. The van der Waals surface area contributed by atoms with Gasteiger partial charge in [-0.3, -0.25) is 0 Å². The topological polar surface area (TPSA) is 9.23 Å². The fourth-order valence-corrected chi connectivity index (χ4v) is 1.16. The van der Waals surface area contributed by atoms with Crippen LogP contribution in [-0.4, -0.2) is 6.61 Å². The first-order valence-corrected chi connectivity index (χ1v) is 4.13. The molecule has 0 unspecified atom stereocenters. The Kier molecular flexibility index (Phi) is 3.50. The van der Waals surface area contributed by atoms with E-state index in [9.17, 15) is 4.39 Å². The van der Waals surface area contributed by atoms with Crippen LogP contribution >= 0.6 is 11.6 Å². The van der Waals surface area contributed by atoms with Crippen LogP contribution in [0.5, 0.6) is 0 Å². The predicted molar refractivity (Wildman–Crippen MR) is 46.7 cm³/mol. The molecule has 0 N–H and O–H groups in total. The molecule has 1 rings (SSSR count). The normalized spacial score (nSPS) is 10.2. The van der Waals surface area contributed by atoms with E-state index in [1.54, 1.807) is 6.07 Å². The Hall–Kier alpha value is -0.600. The van der Waals surface area contributed by atoms with E-state index in [-0.39, 0.29) is 5.82 Å². The Morgan fingerprint density at radius 3 is 2.75 bits per heavy atom. The molecule has 1 aromatic rings. The summed E-state index contributed by atoms with van der Waals surface area (Å²) in [5.74, 6) is -0.322. The van der Waals surface area contributed by atoms with E-state index in [4.69, 9.17) is 16.3 Å². The maximum Gasteiger partial charge on any atom is 0.125 e. The highest BCUT2D eigenvalue weighted by molar-refractivity contribution is 6.30. The summed E-state index contributed by atoms with van der Waals surface area (Å²) in [6.07, 6.45) is 0. The van der Waals surface area contributed by atoms with Crippen molar-refractivity contribution < 1.29 is 9.13 Å². The van der Waals surface area contributed by atoms with Gasteiger partial charge < -0.3 is 4.74 Å². The highest BCUT2D eigenvalue weighted by atomic mass is 35.5. The van der Waals surface area contributed by atoms with Crippen molar-refractivity contribution in [2.45, 2.75) is 13.5 Å². The minimum Gasteiger partial charge on any atom is -0.377 e. The first kappa shape index (κ1) is 9.49. The molecule has 0 amide bonds. The molecule has 0 saturated carbocycles. The Morgan fingerprint density at radius 2 is 2.17 bits per heavy atom. The highest BCUT2D eigenvalue weighted by Crippen LogP contribution is 2.14. The van der Waals surface area contributed by atoms with Gasteiger partial charge in [-0.2, -0.15) is 0 Å². The van der Waals surface area contributed by atoms with Gasteiger partial charge in [0.15, 0.2) is 0 Å². The van der Waals surface area contributed by atoms with Crippen molar-refractivity contribution in [3.05, 3.63) is 34.6 Å². The zero-order valence-corrected chi connectivity index (χ0v) is 7.57. The molecule has 0 aromatic heterocycles. The molecule has 0 atom stereocenters. The van der Waals surface area contributed by atoms with Crippen molar-refractivity contribution in [1.82, 2.24) is 0 Å². The van der Waals surface area contributed by atoms with Gasteiger partial charge in [0.1, 0.15) is 5.82 Å². The third-order valence-corrected chi connectivity index (χ3v) is 1.61. The van der Waals surface area contributed by atoms with Crippen LogP contribution in [0.3, 0.4) is 0 Å². The van der Waals surface area contributed by atoms with E-state index in [0.717, 1.165) is 5.56 Å². The van der Waals surface area contributed by atoms with Crippen molar-refractivity contribution >= 4 is 11.6 Å². The minimum atomic E-state index is -0.322. The largest absolute Gasteiger partial charge is 0.377 e. The van der Waals surface area contributed by atoms with Crippen molar-refractivity contribution in [2.75, 3.05) is 6.61 Å². The predicted octanol–water partition coefficient (Wildman–Crippen LogP) is 3.02. The van der Waals surface area contributed by atoms with E-state index >= 15 is 0 Å². The number of hydrogen-bond acceptors (Lipinski definition) is 1. The summed E-state index contributed by atoms with van der Waals surface area (Å²) in [6.45, 7) is 2.92. The first-order chi connectivity index (χ1) is 5.72. The molecule has 0 fully saturated rings. The van der Waals surface area contributed by atoms with E-state index in [1.165, 1.54) is 12.1 Å². The molecule has 3 heteroatoms. The number of rotatable bonds is 3. The maximum absolute atomic E-state index is 12.7. The molecular formula is C9H10ClFO. The van der Waals surface area contributed by atoms with Gasteiger partial charge in [0.05, 0.1) is 6.61 Å². The quantitative estimate of drug-likeness (QED) is 0.709. The van der Waals surface area contributed by atoms with Crippen LogP contribution in [0, 0.1) is 5.82 Å². The van der Waals surface area contributed by atoms with Crippen molar-refractivity contribution in [2.24, 2.45) is 0 Å². The van der Waals surface area contributed by atoms with Gasteiger partial charge in [-0.1, -0.05) is 11.6 Å². The summed E-state index contributed by atoms with van der Waals surface area (Å²) in [7, 11) is 0. The Balaban J connectivity index is 2.72. The lowest BCUT2D eigenvalue weighted by atomic mass is 10.2. The average molecular weight is 189 g/mol. The third-order valence-electron chi connectivity index (χ3n) is 1.40. The summed E-state index contributed by atoms with van der Waals surface area (Å²) in [5, 5.41) is 0.407. The molecule has 0 spiro atoms. The lowest BCUT2D eigenvalue weighted by molar-refractivity contribution is 0.134. The standard InChI is InChI=1S/C9H10ClFO/c1-2-12-6-7-3-8(10)5-9(11)4-7/h3-5H,2,6H2,1H3. The zero-order valence-electron chi connectivity index (χ0n) is 6.81. The first-order valence-electron chi connectivity index (χ1n) is 3.75. The summed E-state index contributed by atoms with van der Waals surface area (Å²) in [5.41, 5.74) is 0.766. The van der Waals surface area contributed by atoms with Crippen molar-refractivity contribution in [3.63, 3.8) is 0 Å². The minimum absolute atomic E-state index is 0.322. The molecule has 0 aliphatic rings. The van der Waals surface area contributed by atoms with Crippen LogP contribution < -0.4 is 0 Å². The summed E-state index contributed by atoms with van der Waals surface area (Å²) < 4.78 is 17.8. The van der Waals surface area contributed by atoms with E-state index in [1.807, 2.05) is 6.92 Å². The second-order valence-corrected chi connectivity index (χ2v) is 2.85. The number of hydrogen-bond donors (Lipinski definition) is 0. The van der Waals surface area contributed by atoms with E-state index in [0.29, 0.717) is 18.2 Å². The molecule has 0 saturated heterocycles. The monoisotopic (exact) mass is 188 g/mol. The smallest absolute Gasteiger partial charge is 0.125 e. The Bertz CT molecular complexity index is 242. The van der Waals surface area contributed by atoms with Gasteiger partial charge in [0.25, 0.3) is 0 Å². The van der Waals surface area contributed by atoms with Crippen LogP contribution in [0.2, 0.25) is 5.02 Å². The summed E-state index contributed by atoms with van der Waals surface area (Å²) in [6, 6.07) is 4.39.